The van der Waals surface area contributed by atoms with E-state index in [-0.39, 0.29) is 18.6 Å². The molecule has 0 aliphatic heterocycles. The Hall–Kier alpha value is -2.89. The molecule has 1 atom stereocenters. The molecule has 3 aromatic rings. The Morgan fingerprint density at radius 1 is 0.684 bits per heavy atom. The molecule has 0 spiro atoms. The molecule has 0 fully saturated rings. The molecule has 0 amide bonds. The van der Waals surface area contributed by atoms with Crippen LogP contribution >= 0.6 is 0 Å². The zero-order valence-electron chi connectivity index (χ0n) is 22.2. The van der Waals surface area contributed by atoms with E-state index in [2.05, 4.69) is 6.92 Å². The Bertz CT molecular complexity index is 1130. The predicted molar refractivity (Wildman–Crippen MR) is 144 cm³/mol. The van der Waals surface area contributed by atoms with Gasteiger partial charge in [-0.05, 0) is 47.7 Å². The Morgan fingerprint density at radius 3 is 1.89 bits per heavy atom. The van der Waals surface area contributed by atoms with Crippen LogP contribution in [0.3, 0.4) is 0 Å². The number of alkyl halides is 3. The second-order valence-corrected chi connectivity index (χ2v) is 9.81. The lowest BCUT2D eigenvalue weighted by Crippen LogP contribution is -2.16. The monoisotopic (exact) mass is 532 g/mol. The van der Waals surface area contributed by atoms with E-state index in [9.17, 15) is 22.0 Å². The van der Waals surface area contributed by atoms with Crippen LogP contribution in [0.2, 0.25) is 0 Å². The summed E-state index contributed by atoms with van der Waals surface area (Å²) in [6.07, 6.45) is 4.74. The van der Waals surface area contributed by atoms with Crippen molar-refractivity contribution < 1.29 is 26.7 Å². The molecule has 0 N–H and O–H groups in total. The molecule has 0 aliphatic carbocycles. The molecule has 6 heteroatoms. The van der Waals surface area contributed by atoms with Crippen LogP contribution in [0.5, 0.6) is 5.75 Å². The maximum Gasteiger partial charge on any atom is 0.276 e. The summed E-state index contributed by atoms with van der Waals surface area (Å²) < 4.78 is 78.0. The van der Waals surface area contributed by atoms with Gasteiger partial charge in [-0.3, -0.25) is 0 Å². The Labute approximate surface area is 223 Å². The number of halogens is 5. The molecule has 1 nitrogen and oxygen atoms in total. The summed E-state index contributed by atoms with van der Waals surface area (Å²) in [5, 5.41) is 0. The third-order valence-corrected chi connectivity index (χ3v) is 6.76. The van der Waals surface area contributed by atoms with E-state index in [0.29, 0.717) is 24.2 Å². The van der Waals surface area contributed by atoms with E-state index in [0.717, 1.165) is 49.3 Å². The van der Waals surface area contributed by atoms with Crippen LogP contribution in [-0.4, -0.2) is 12.8 Å². The van der Waals surface area contributed by atoms with Gasteiger partial charge in [0.15, 0.2) is 11.6 Å². The van der Waals surface area contributed by atoms with Gasteiger partial charge in [0, 0.05) is 12.0 Å². The number of unbranched alkanes of at least 4 members (excludes halogenated alkanes) is 5. The van der Waals surface area contributed by atoms with E-state index in [1.165, 1.54) is 6.07 Å². The van der Waals surface area contributed by atoms with Crippen LogP contribution in [0, 0.1) is 11.6 Å². The topological polar surface area (TPSA) is 9.23 Å². The number of benzene rings is 3. The average molecular weight is 533 g/mol. The molecular formula is C32H37F5O. The zero-order valence-corrected chi connectivity index (χ0v) is 22.2. The number of hydrogen-bond donors (Lipinski definition) is 0. The lowest BCUT2D eigenvalue weighted by Gasteiger charge is -2.18. The van der Waals surface area contributed by atoms with Crippen molar-refractivity contribution in [1.29, 1.82) is 0 Å². The summed E-state index contributed by atoms with van der Waals surface area (Å²) in [6, 6.07) is 16.2. The first-order valence-electron chi connectivity index (χ1n) is 13.6. The molecule has 0 heterocycles. The maximum absolute atomic E-state index is 14.8. The number of hydrogen-bond acceptors (Lipinski definition) is 1. The van der Waals surface area contributed by atoms with Gasteiger partial charge in [-0.25, -0.2) is 22.0 Å². The van der Waals surface area contributed by atoms with E-state index in [1.54, 1.807) is 36.4 Å². The minimum atomic E-state index is -3.42. The van der Waals surface area contributed by atoms with Crippen molar-refractivity contribution in [2.24, 2.45) is 0 Å². The third-order valence-electron chi connectivity index (χ3n) is 6.76. The van der Waals surface area contributed by atoms with E-state index < -0.39 is 35.7 Å². The van der Waals surface area contributed by atoms with Gasteiger partial charge in [0.25, 0.3) is 5.92 Å². The van der Waals surface area contributed by atoms with Crippen LogP contribution in [-0.2, 0) is 5.92 Å². The van der Waals surface area contributed by atoms with Gasteiger partial charge >= 0.3 is 0 Å². The second kappa shape index (κ2) is 14.3. The van der Waals surface area contributed by atoms with Crippen LogP contribution < -0.4 is 4.74 Å². The molecule has 0 aliphatic rings. The Balaban J connectivity index is 1.64. The molecule has 206 valence electrons. The van der Waals surface area contributed by atoms with Crippen molar-refractivity contribution in [3.05, 3.63) is 77.9 Å². The van der Waals surface area contributed by atoms with Gasteiger partial charge in [0.2, 0.25) is 0 Å². The first-order valence-corrected chi connectivity index (χ1v) is 13.6. The normalized spacial score (nSPS) is 12.5. The largest absolute Gasteiger partial charge is 0.491 e. The van der Waals surface area contributed by atoms with Gasteiger partial charge in [-0.2, -0.15) is 0 Å². The first-order chi connectivity index (χ1) is 18.3. The van der Waals surface area contributed by atoms with Crippen molar-refractivity contribution >= 4 is 0 Å². The summed E-state index contributed by atoms with van der Waals surface area (Å²) >= 11 is 0. The molecule has 0 radical (unpaired) electrons. The van der Waals surface area contributed by atoms with Gasteiger partial charge in [-0.15, -0.1) is 0 Å². The highest BCUT2D eigenvalue weighted by Crippen LogP contribution is 2.38. The molecule has 0 saturated heterocycles. The Kier molecular flexibility index (Phi) is 11.2. The highest BCUT2D eigenvalue weighted by Gasteiger charge is 2.35. The fourth-order valence-corrected chi connectivity index (χ4v) is 4.44. The second-order valence-electron chi connectivity index (χ2n) is 9.81. The molecule has 0 saturated carbocycles. The van der Waals surface area contributed by atoms with E-state index in [4.69, 9.17) is 4.74 Å². The zero-order chi connectivity index (χ0) is 27.5. The number of ether oxygens (including phenoxy) is 1. The van der Waals surface area contributed by atoms with Crippen molar-refractivity contribution in [1.82, 2.24) is 0 Å². The lowest BCUT2D eigenvalue weighted by atomic mass is 9.96. The van der Waals surface area contributed by atoms with Gasteiger partial charge < -0.3 is 4.74 Å². The van der Waals surface area contributed by atoms with E-state index >= 15 is 0 Å². The van der Waals surface area contributed by atoms with Crippen molar-refractivity contribution in [2.75, 3.05) is 6.61 Å². The molecular weight excluding hydrogens is 495 g/mol. The average Bonchev–Trinajstić information content (AvgIpc) is 2.92. The Morgan fingerprint density at radius 2 is 1.26 bits per heavy atom. The quantitative estimate of drug-likeness (QED) is 0.140. The fourth-order valence-electron chi connectivity index (χ4n) is 4.44. The summed E-state index contributed by atoms with van der Waals surface area (Å²) in [4.78, 5) is 0. The fraction of sp³-hybridized carbons (Fsp3) is 0.438. The molecule has 3 rings (SSSR count). The summed E-state index contributed by atoms with van der Waals surface area (Å²) in [5.41, 5.74) is 1.12. The summed E-state index contributed by atoms with van der Waals surface area (Å²) in [7, 11) is 0. The highest BCUT2D eigenvalue weighted by atomic mass is 19.3. The minimum absolute atomic E-state index is 0.0196. The molecule has 0 aromatic heterocycles. The molecule has 0 bridgehead atoms. The highest BCUT2D eigenvalue weighted by molar-refractivity contribution is 5.71. The third kappa shape index (κ3) is 8.05. The molecule has 1 unspecified atom stereocenters. The number of rotatable bonds is 15. The van der Waals surface area contributed by atoms with Gasteiger partial charge in [0.05, 0.1) is 5.56 Å². The van der Waals surface area contributed by atoms with Crippen LogP contribution in [0.25, 0.3) is 22.3 Å². The van der Waals surface area contributed by atoms with Crippen molar-refractivity contribution in [2.45, 2.75) is 83.7 Å². The first kappa shape index (κ1) is 29.7. The van der Waals surface area contributed by atoms with E-state index in [1.807, 2.05) is 19.1 Å². The summed E-state index contributed by atoms with van der Waals surface area (Å²) in [6.45, 7) is 4.03. The van der Waals surface area contributed by atoms with Crippen LogP contribution in [0.15, 0.2) is 60.7 Å². The molecule has 38 heavy (non-hydrogen) atoms. The lowest BCUT2D eigenvalue weighted by molar-refractivity contribution is -0.0195. The van der Waals surface area contributed by atoms with Crippen LogP contribution in [0.4, 0.5) is 22.0 Å². The van der Waals surface area contributed by atoms with Gasteiger partial charge in [-0.1, -0.05) is 94.8 Å². The maximum atomic E-state index is 14.8. The van der Waals surface area contributed by atoms with Crippen molar-refractivity contribution in [3.63, 3.8) is 0 Å². The van der Waals surface area contributed by atoms with Gasteiger partial charge in [0.1, 0.15) is 18.5 Å². The smallest absolute Gasteiger partial charge is 0.276 e. The molecule has 3 aromatic carbocycles. The SMILES string of the molecule is CCCCCCC(F)COc1ccc(-c2ccc(-c3ccc(C(F)(F)CCCCC)c(F)c3F)cc2)cc1. The van der Waals surface area contributed by atoms with Crippen molar-refractivity contribution in [3.8, 4) is 28.0 Å². The summed E-state index contributed by atoms with van der Waals surface area (Å²) in [5.74, 6) is -5.62. The predicted octanol–water partition coefficient (Wildman–Crippen LogP) is 10.7. The standard InChI is InChI=1S/C32H37F5O/c1-3-5-7-8-10-26(33)22-38-27-17-15-24(16-18-27)23-11-13-25(14-12-23)28-19-20-29(31(35)30(28)34)32(36,37)21-9-6-4-2/h11-20,26H,3-10,21-22H2,1-2H3. The van der Waals surface area contributed by atoms with Crippen LogP contribution in [0.1, 0.15) is 77.2 Å². The minimum Gasteiger partial charge on any atom is -0.491 e.